The van der Waals surface area contributed by atoms with Crippen LogP contribution in [-0.4, -0.2) is 79.6 Å². The van der Waals surface area contributed by atoms with Crippen molar-refractivity contribution in [2.45, 2.75) is 37.8 Å². The third-order valence-corrected chi connectivity index (χ3v) is 5.19. The summed E-state index contributed by atoms with van der Waals surface area (Å²) in [5.74, 6) is 0.250. The minimum atomic E-state index is -0.0449. The maximum Gasteiger partial charge on any atom is 0.224 e. The Labute approximate surface area is 137 Å². The zero-order valence-corrected chi connectivity index (χ0v) is 13.7. The summed E-state index contributed by atoms with van der Waals surface area (Å²) >= 11 is 0. The van der Waals surface area contributed by atoms with Gasteiger partial charge in [0, 0.05) is 51.1 Å². The normalized spacial score (nSPS) is 32.5. The Morgan fingerprint density at radius 3 is 2.74 bits per heavy atom. The van der Waals surface area contributed by atoms with Crippen molar-refractivity contribution in [3.8, 4) is 0 Å². The average Bonchev–Trinajstić information content (AvgIpc) is 3.12. The molecule has 3 atom stereocenters. The molecule has 0 bridgehead atoms. The number of hydrogen-bond acceptors (Lipinski definition) is 5. The van der Waals surface area contributed by atoms with Crippen LogP contribution in [0.4, 0.5) is 0 Å². The van der Waals surface area contributed by atoms with Crippen LogP contribution in [0, 0.1) is 5.92 Å². The molecule has 7 nitrogen and oxygen atoms in total. The molecule has 3 N–H and O–H groups in total. The van der Waals surface area contributed by atoms with E-state index in [1.54, 1.807) is 0 Å². The predicted molar refractivity (Wildman–Crippen MR) is 85.7 cm³/mol. The fourth-order valence-electron chi connectivity index (χ4n) is 3.75. The van der Waals surface area contributed by atoms with Crippen molar-refractivity contribution in [1.82, 2.24) is 15.1 Å². The molecule has 0 aromatic rings. The molecule has 2 heterocycles. The number of morpholine rings is 1. The largest absolute Gasteiger partial charge is 0.379 e. The van der Waals surface area contributed by atoms with Crippen molar-refractivity contribution in [2.75, 3.05) is 45.9 Å². The Morgan fingerprint density at radius 2 is 2.04 bits per heavy atom. The van der Waals surface area contributed by atoms with Crippen molar-refractivity contribution in [2.24, 2.45) is 11.7 Å². The van der Waals surface area contributed by atoms with Gasteiger partial charge in [0.1, 0.15) is 0 Å². The highest BCUT2D eigenvalue weighted by Gasteiger charge is 2.34. The topological polar surface area (TPSA) is 87.9 Å². The van der Waals surface area contributed by atoms with Crippen LogP contribution in [0.1, 0.15) is 25.7 Å². The van der Waals surface area contributed by atoms with Gasteiger partial charge in [0.15, 0.2) is 0 Å². The van der Waals surface area contributed by atoms with Crippen LogP contribution in [0.25, 0.3) is 0 Å². The van der Waals surface area contributed by atoms with E-state index in [0.29, 0.717) is 13.0 Å². The number of carbonyl (C=O) groups is 2. The minimum Gasteiger partial charge on any atom is -0.379 e. The number of nitrogens with one attached hydrogen (secondary N) is 1. The molecular weight excluding hydrogens is 296 g/mol. The lowest BCUT2D eigenvalue weighted by atomic mass is 10.1. The molecule has 1 aliphatic carbocycles. The average molecular weight is 324 g/mol. The van der Waals surface area contributed by atoms with E-state index in [-0.39, 0.29) is 29.8 Å². The summed E-state index contributed by atoms with van der Waals surface area (Å²) in [7, 11) is 0. The fourth-order valence-corrected chi connectivity index (χ4v) is 3.75. The van der Waals surface area contributed by atoms with Crippen molar-refractivity contribution in [3.05, 3.63) is 0 Å². The summed E-state index contributed by atoms with van der Waals surface area (Å²) < 4.78 is 5.33. The smallest absolute Gasteiger partial charge is 0.224 e. The van der Waals surface area contributed by atoms with E-state index < -0.39 is 0 Å². The molecule has 23 heavy (non-hydrogen) atoms. The van der Waals surface area contributed by atoms with Crippen LogP contribution in [-0.2, 0) is 14.3 Å². The standard InChI is InChI=1S/C16H28N4O3/c17-13-2-1-12(9-13)16(22)18-14-10-15(21)20(11-14)4-3-19-5-7-23-8-6-19/h12-14H,1-11,17H2,(H,18,22). The summed E-state index contributed by atoms with van der Waals surface area (Å²) in [6, 6.07) is 0.109. The predicted octanol–water partition coefficient (Wildman–Crippen LogP) is -0.837. The van der Waals surface area contributed by atoms with Crippen LogP contribution >= 0.6 is 0 Å². The summed E-state index contributed by atoms with van der Waals surface area (Å²) in [5.41, 5.74) is 5.87. The molecule has 3 aliphatic rings. The lowest BCUT2D eigenvalue weighted by Crippen LogP contribution is -2.43. The van der Waals surface area contributed by atoms with E-state index >= 15 is 0 Å². The molecule has 130 valence electrons. The first-order valence-electron chi connectivity index (χ1n) is 8.75. The number of likely N-dealkylation sites (tertiary alicyclic amines) is 1. The third-order valence-electron chi connectivity index (χ3n) is 5.19. The van der Waals surface area contributed by atoms with Gasteiger partial charge in [-0.3, -0.25) is 14.5 Å². The van der Waals surface area contributed by atoms with E-state index in [0.717, 1.165) is 58.7 Å². The van der Waals surface area contributed by atoms with Gasteiger partial charge in [-0.2, -0.15) is 0 Å². The summed E-state index contributed by atoms with van der Waals surface area (Å²) in [5, 5.41) is 3.05. The highest BCUT2D eigenvalue weighted by molar-refractivity contribution is 5.83. The first kappa shape index (κ1) is 16.7. The van der Waals surface area contributed by atoms with Crippen molar-refractivity contribution in [3.63, 3.8) is 0 Å². The quantitative estimate of drug-likeness (QED) is 0.689. The first-order valence-corrected chi connectivity index (χ1v) is 8.75. The second kappa shape index (κ2) is 7.59. The van der Waals surface area contributed by atoms with E-state index in [2.05, 4.69) is 10.2 Å². The molecule has 0 aromatic heterocycles. The van der Waals surface area contributed by atoms with Crippen molar-refractivity contribution in [1.29, 1.82) is 0 Å². The molecule has 2 aliphatic heterocycles. The minimum absolute atomic E-state index is 0.0301. The van der Waals surface area contributed by atoms with Crippen LogP contribution < -0.4 is 11.1 Å². The third kappa shape index (κ3) is 4.43. The van der Waals surface area contributed by atoms with Gasteiger partial charge in [0.2, 0.25) is 11.8 Å². The molecular formula is C16H28N4O3. The van der Waals surface area contributed by atoms with Gasteiger partial charge in [0.05, 0.1) is 19.3 Å². The molecule has 2 amide bonds. The Balaban J connectivity index is 1.41. The second-order valence-electron chi connectivity index (χ2n) is 6.97. The molecule has 2 saturated heterocycles. The monoisotopic (exact) mass is 324 g/mol. The molecule has 0 aromatic carbocycles. The van der Waals surface area contributed by atoms with E-state index in [9.17, 15) is 9.59 Å². The summed E-state index contributed by atoms with van der Waals surface area (Å²) in [6.07, 6.45) is 2.99. The highest BCUT2D eigenvalue weighted by Crippen LogP contribution is 2.24. The zero-order valence-electron chi connectivity index (χ0n) is 13.7. The van der Waals surface area contributed by atoms with E-state index in [1.807, 2.05) is 4.90 Å². The SMILES string of the molecule is NC1CCC(C(=O)NC2CC(=O)N(CCN3CCOCC3)C2)C1. The second-order valence-corrected chi connectivity index (χ2v) is 6.97. The zero-order chi connectivity index (χ0) is 16.2. The number of carbonyl (C=O) groups excluding carboxylic acids is 2. The van der Waals surface area contributed by atoms with Crippen molar-refractivity contribution >= 4 is 11.8 Å². The van der Waals surface area contributed by atoms with Crippen molar-refractivity contribution < 1.29 is 14.3 Å². The first-order chi connectivity index (χ1) is 11.1. The lowest BCUT2D eigenvalue weighted by molar-refractivity contribution is -0.128. The maximum absolute atomic E-state index is 12.2. The van der Waals surface area contributed by atoms with E-state index in [4.69, 9.17) is 10.5 Å². The molecule has 0 spiro atoms. The number of rotatable bonds is 5. The van der Waals surface area contributed by atoms with Gasteiger partial charge >= 0.3 is 0 Å². The molecule has 7 heteroatoms. The number of hydrogen-bond donors (Lipinski definition) is 2. The summed E-state index contributed by atoms with van der Waals surface area (Å²) in [4.78, 5) is 28.6. The van der Waals surface area contributed by atoms with Gasteiger partial charge in [-0.05, 0) is 19.3 Å². The van der Waals surface area contributed by atoms with Crippen LogP contribution in [0.15, 0.2) is 0 Å². The van der Waals surface area contributed by atoms with Gasteiger partial charge in [-0.15, -0.1) is 0 Å². The lowest BCUT2D eigenvalue weighted by Gasteiger charge is -2.28. The molecule has 3 rings (SSSR count). The number of nitrogens with two attached hydrogens (primary N) is 1. The Morgan fingerprint density at radius 1 is 1.26 bits per heavy atom. The highest BCUT2D eigenvalue weighted by atomic mass is 16.5. The fraction of sp³-hybridized carbons (Fsp3) is 0.875. The van der Waals surface area contributed by atoms with E-state index in [1.165, 1.54) is 0 Å². The van der Waals surface area contributed by atoms with Crippen LogP contribution in [0.2, 0.25) is 0 Å². The molecule has 1 saturated carbocycles. The van der Waals surface area contributed by atoms with Crippen LogP contribution in [0.5, 0.6) is 0 Å². The van der Waals surface area contributed by atoms with Gasteiger partial charge < -0.3 is 20.7 Å². The van der Waals surface area contributed by atoms with Gasteiger partial charge in [-0.1, -0.05) is 0 Å². The van der Waals surface area contributed by atoms with Crippen LogP contribution in [0.3, 0.4) is 0 Å². The Kier molecular flexibility index (Phi) is 5.50. The number of amides is 2. The number of ether oxygens (including phenoxy) is 1. The van der Waals surface area contributed by atoms with Gasteiger partial charge in [-0.25, -0.2) is 0 Å². The molecule has 3 fully saturated rings. The Hall–Kier alpha value is -1.18. The Bertz CT molecular complexity index is 439. The summed E-state index contributed by atoms with van der Waals surface area (Å²) in [6.45, 7) is 5.67. The van der Waals surface area contributed by atoms with Gasteiger partial charge in [0.25, 0.3) is 0 Å². The molecule has 0 radical (unpaired) electrons. The molecule has 3 unspecified atom stereocenters. The number of nitrogens with zero attached hydrogens (tertiary/aromatic N) is 2. The maximum atomic E-state index is 12.2.